The van der Waals surface area contributed by atoms with Gasteiger partial charge in [-0.25, -0.2) is 0 Å². The summed E-state index contributed by atoms with van der Waals surface area (Å²) < 4.78 is 40.7. The zero-order chi connectivity index (χ0) is 21.0. The van der Waals surface area contributed by atoms with Crippen molar-refractivity contribution in [2.75, 3.05) is 0 Å². The molecule has 0 bridgehead atoms. The summed E-state index contributed by atoms with van der Waals surface area (Å²) in [6, 6.07) is 8.10. The Labute approximate surface area is 165 Å². The van der Waals surface area contributed by atoms with Crippen molar-refractivity contribution in [1.82, 2.24) is 5.32 Å². The topological polar surface area (TPSA) is 72.2 Å². The van der Waals surface area contributed by atoms with E-state index in [1.54, 1.807) is 12.1 Å². The second kappa shape index (κ2) is 6.57. The van der Waals surface area contributed by atoms with Gasteiger partial charge < -0.3 is 5.32 Å². The maximum atomic E-state index is 13.6. The van der Waals surface area contributed by atoms with Gasteiger partial charge in [0.1, 0.15) is 0 Å². The fourth-order valence-electron chi connectivity index (χ4n) is 4.64. The minimum absolute atomic E-state index is 0.0206. The first-order valence-electron chi connectivity index (χ1n) is 9.38. The molecular formula is C21H19F3N2O3. The predicted octanol–water partition coefficient (Wildman–Crippen LogP) is 4.76. The highest BCUT2D eigenvalue weighted by Crippen LogP contribution is 2.45. The molecular weight excluding hydrogens is 385 g/mol. The van der Waals surface area contributed by atoms with Gasteiger partial charge in [0, 0.05) is 30.0 Å². The number of non-ortho nitro benzene ring substituents is 1. The van der Waals surface area contributed by atoms with Gasteiger partial charge in [-0.3, -0.25) is 14.9 Å². The van der Waals surface area contributed by atoms with Crippen LogP contribution in [0.25, 0.3) is 11.1 Å². The van der Waals surface area contributed by atoms with Gasteiger partial charge >= 0.3 is 6.18 Å². The Morgan fingerprint density at radius 3 is 2.62 bits per heavy atom. The van der Waals surface area contributed by atoms with E-state index in [9.17, 15) is 28.1 Å². The second-order valence-electron chi connectivity index (χ2n) is 7.93. The van der Waals surface area contributed by atoms with E-state index < -0.39 is 22.4 Å². The molecule has 4 rings (SSSR count). The minimum atomic E-state index is -4.71. The molecule has 5 nitrogen and oxygen atoms in total. The van der Waals surface area contributed by atoms with E-state index in [1.807, 2.05) is 6.07 Å². The van der Waals surface area contributed by atoms with Gasteiger partial charge in [-0.1, -0.05) is 25.1 Å². The number of benzene rings is 2. The van der Waals surface area contributed by atoms with Gasteiger partial charge in [-0.05, 0) is 47.6 Å². The molecule has 2 aromatic carbocycles. The van der Waals surface area contributed by atoms with Crippen LogP contribution in [0.5, 0.6) is 0 Å². The van der Waals surface area contributed by atoms with E-state index in [-0.39, 0.29) is 22.9 Å². The number of carbonyl (C=O) groups is 1. The molecule has 1 N–H and O–H groups in total. The molecule has 1 aliphatic heterocycles. The van der Waals surface area contributed by atoms with E-state index >= 15 is 0 Å². The van der Waals surface area contributed by atoms with Crippen molar-refractivity contribution in [2.24, 2.45) is 0 Å². The fourth-order valence-corrected chi connectivity index (χ4v) is 4.64. The number of nitrogens with one attached hydrogen (secondary N) is 1. The van der Waals surface area contributed by atoms with Crippen molar-refractivity contribution in [3.63, 3.8) is 0 Å². The summed E-state index contributed by atoms with van der Waals surface area (Å²) in [5.74, 6) is 0.0354. The van der Waals surface area contributed by atoms with Crippen molar-refractivity contribution in [3.8, 4) is 11.1 Å². The average Bonchev–Trinajstić information content (AvgIpc) is 2.67. The van der Waals surface area contributed by atoms with Crippen LogP contribution in [0, 0.1) is 10.1 Å². The standard InChI is InChI=1S/C21H19F3N2O3/c1-20-9-8-19(27)25-18(20)7-3-13-10-12(2-6-16(13)20)15-5-4-14(26(28)29)11-17(15)21(22,23)24/h2,4-6,10-11,18H,3,7-9H2,1H3,(H,25,27)/t18-,20-/m1/s1. The van der Waals surface area contributed by atoms with Crippen LogP contribution in [0.4, 0.5) is 18.9 Å². The van der Waals surface area contributed by atoms with Gasteiger partial charge in [-0.2, -0.15) is 13.2 Å². The highest BCUT2D eigenvalue weighted by Gasteiger charge is 2.44. The molecule has 29 heavy (non-hydrogen) atoms. The number of rotatable bonds is 2. The van der Waals surface area contributed by atoms with Gasteiger partial charge in [0.05, 0.1) is 10.5 Å². The third kappa shape index (κ3) is 3.26. The molecule has 8 heteroatoms. The third-order valence-corrected chi connectivity index (χ3v) is 6.23. The van der Waals surface area contributed by atoms with E-state index in [0.29, 0.717) is 30.9 Å². The van der Waals surface area contributed by atoms with Crippen LogP contribution < -0.4 is 5.32 Å². The van der Waals surface area contributed by atoms with Crippen LogP contribution in [0.1, 0.15) is 42.9 Å². The summed E-state index contributed by atoms with van der Waals surface area (Å²) >= 11 is 0. The first-order valence-corrected chi connectivity index (χ1v) is 9.38. The van der Waals surface area contributed by atoms with Crippen LogP contribution in [-0.2, 0) is 22.8 Å². The summed E-state index contributed by atoms with van der Waals surface area (Å²) in [7, 11) is 0. The number of nitro groups is 1. The maximum Gasteiger partial charge on any atom is 0.417 e. The first-order chi connectivity index (χ1) is 13.6. The van der Waals surface area contributed by atoms with E-state index in [2.05, 4.69) is 12.2 Å². The number of nitrogens with zero attached hydrogens (tertiary/aromatic N) is 1. The molecule has 1 amide bonds. The highest BCUT2D eigenvalue weighted by molar-refractivity contribution is 5.78. The predicted molar refractivity (Wildman–Crippen MR) is 100 cm³/mol. The van der Waals surface area contributed by atoms with Crippen molar-refractivity contribution in [2.45, 2.75) is 50.2 Å². The first kappa shape index (κ1) is 19.4. The number of nitro benzene ring substituents is 1. The Kier molecular flexibility index (Phi) is 4.40. The van der Waals surface area contributed by atoms with Crippen LogP contribution in [0.2, 0.25) is 0 Å². The lowest BCUT2D eigenvalue weighted by molar-refractivity contribution is -0.385. The largest absolute Gasteiger partial charge is 0.417 e. The molecule has 0 aromatic heterocycles. The monoisotopic (exact) mass is 404 g/mol. The Balaban J connectivity index is 1.80. The Bertz CT molecular complexity index is 1020. The molecule has 2 aliphatic rings. The molecule has 1 fully saturated rings. The molecule has 1 aliphatic carbocycles. The van der Waals surface area contributed by atoms with Crippen molar-refractivity contribution < 1.29 is 22.9 Å². The Hall–Kier alpha value is -2.90. The Morgan fingerprint density at radius 1 is 1.17 bits per heavy atom. The van der Waals surface area contributed by atoms with Crippen LogP contribution in [-0.4, -0.2) is 16.9 Å². The van der Waals surface area contributed by atoms with Crippen LogP contribution in [0.3, 0.4) is 0 Å². The smallest absolute Gasteiger partial charge is 0.352 e. The molecule has 0 radical (unpaired) electrons. The Morgan fingerprint density at radius 2 is 1.93 bits per heavy atom. The average molecular weight is 404 g/mol. The number of aryl methyl sites for hydroxylation is 1. The van der Waals surface area contributed by atoms with E-state index in [4.69, 9.17) is 0 Å². The molecule has 152 valence electrons. The maximum absolute atomic E-state index is 13.6. The van der Waals surface area contributed by atoms with Crippen LogP contribution in [0.15, 0.2) is 36.4 Å². The van der Waals surface area contributed by atoms with E-state index in [1.165, 1.54) is 0 Å². The molecule has 1 saturated heterocycles. The molecule has 1 heterocycles. The SMILES string of the molecule is C[C@]12CCC(=O)N[C@@H]1CCc1cc(-c3ccc([N+](=O)[O-])cc3C(F)(F)F)ccc12. The van der Waals surface area contributed by atoms with E-state index in [0.717, 1.165) is 29.7 Å². The minimum Gasteiger partial charge on any atom is -0.352 e. The zero-order valence-electron chi connectivity index (χ0n) is 15.7. The second-order valence-corrected chi connectivity index (χ2v) is 7.93. The van der Waals surface area contributed by atoms with Crippen molar-refractivity contribution in [1.29, 1.82) is 0 Å². The van der Waals surface area contributed by atoms with Gasteiger partial charge in [0.2, 0.25) is 5.91 Å². The summed E-state index contributed by atoms with van der Waals surface area (Å²) in [6.45, 7) is 2.09. The fraction of sp³-hybridized carbons (Fsp3) is 0.381. The molecule has 0 spiro atoms. The molecule has 2 aromatic rings. The van der Waals surface area contributed by atoms with Gasteiger partial charge in [0.15, 0.2) is 0 Å². The van der Waals surface area contributed by atoms with Crippen molar-refractivity contribution >= 4 is 11.6 Å². The number of alkyl halides is 3. The number of hydrogen-bond donors (Lipinski definition) is 1. The van der Waals surface area contributed by atoms with Gasteiger partial charge in [-0.15, -0.1) is 0 Å². The lowest BCUT2D eigenvalue weighted by Crippen LogP contribution is -2.55. The molecule has 0 unspecified atom stereocenters. The number of halogens is 3. The molecule has 2 atom stereocenters. The zero-order valence-corrected chi connectivity index (χ0v) is 15.7. The highest BCUT2D eigenvalue weighted by atomic mass is 19.4. The normalized spacial score (nSPS) is 23.7. The summed E-state index contributed by atoms with van der Waals surface area (Å²) in [4.78, 5) is 21.8. The van der Waals surface area contributed by atoms with Gasteiger partial charge in [0.25, 0.3) is 5.69 Å². The lowest BCUT2D eigenvalue weighted by atomic mass is 9.64. The number of amides is 1. The summed E-state index contributed by atoms with van der Waals surface area (Å²) in [6.07, 6.45) is -2.21. The number of hydrogen-bond acceptors (Lipinski definition) is 3. The third-order valence-electron chi connectivity index (χ3n) is 6.23. The lowest BCUT2D eigenvalue weighted by Gasteiger charge is -2.46. The number of piperidine rings is 1. The van der Waals surface area contributed by atoms with Crippen LogP contribution >= 0.6 is 0 Å². The summed E-state index contributed by atoms with van der Waals surface area (Å²) in [5.41, 5.74) is 0.464. The number of fused-ring (bicyclic) bond motifs is 3. The quantitative estimate of drug-likeness (QED) is 0.579. The number of carbonyl (C=O) groups excluding carboxylic acids is 1. The summed E-state index contributed by atoms with van der Waals surface area (Å²) in [5, 5.41) is 14.0. The molecule has 0 saturated carbocycles. The van der Waals surface area contributed by atoms with Crippen molar-refractivity contribution in [3.05, 3.63) is 63.2 Å².